The van der Waals surface area contributed by atoms with Crippen LogP contribution in [0.25, 0.3) is 0 Å². The van der Waals surface area contributed by atoms with E-state index in [1.807, 2.05) is 13.8 Å². The number of carbonyl (C=O) groups excluding carboxylic acids is 1. The van der Waals surface area contributed by atoms with Crippen LogP contribution in [0.1, 0.15) is 13.8 Å². The van der Waals surface area contributed by atoms with Gasteiger partial charge in [-0.05, 0) is 44.2 Å². The molecule has 0 aliphatic heterocycles. The maximum atomic E-state index is 13.4. The SMILES string of the molecule is CC(C)Oc1ccc(NC(=O)Nc2ccccc2F)cc1Cl. The molecule has 0 saturated heterocycles. The van der Waals surface area contributed by atoms with E-state index >= 15 is 0 Å². The van der Waals surface area contributed by atoms with Crippen molar-refractivity contribution < 1.29 is 13.9 Å². The summed E-state index contributed by atoms with van der Waals surface area (Å²) in [7, 11) is 0. The fourth-order valence-corrected chi connectivity index (χ4v) is 2.00. The minimum Gasteiger partial charge on any atom is -0.489 e. The molecule has 0 saturated carbocycles. The molecule has 2 aromatic rings. The average Bonchev–Trinajstić information content (AvgIpc) is 2.44. The van der Waals surface area contributed by atoms with Crippen LogP contribution in [0.15, 0.2) is 42.5 Å². The Bertz CT molecular complexity index is 677. The number of ether oxygens (including phenoxy) is 1. The van der Waals surface area contributed by atoms with Crippen LogP contribution in [-0.2, 0) is 0 Å². The third-order valence-corrected chi connectivity index (χ3v) is 2.97. The molecule has 0 aromatic heterocycles. The van der Waals surface area contributed by atoms with Crippen molar-refractivity contribution >= 4 is 29.0 Å². The minimum absolute atomic E-state index is 0.000614. The van der Waals surface area contributed by atoms with E-state index in [1.54, 1.807) is 30.3 Å². The lowest BCUT2D eigenvalue weighted by Crippen LogP contribution is -2.20. The van der Waals surface area contributed by atoms with Crippen LogP contribution in [-0.4, -0.2) is 12.1 Å². The summed E-state index contributed by atoms with van der Waals surface area (Å²) in [5.74, 6) is 0.0353. The summed E-state index contributed by atoms with van der Waals surface area (Å²) in [6.07, 6.45) is 0.000614. The first-order chi connectivity index (χ1) is 10.5. The Hall–Kier alpha value is -2.27. The van der Waals surface area contributed by atoms with E-state index in [0.29, 0.717) is 16.5 Å². The number of halogens is 2. The molecule has 116 valence electrons. The van der Waals surface area contributed by atoms with Crippen molar-refractivity contribution in [3.8, 4) is 5.75 Å². The highest BCUT2D eigenvalue weighted by Crippen LogP contribution is 2.28. The zero-order valence-corrected chi connectivity index (χ0v) is 12.9. The van der Waals surface area contributed by atoms with Crippen molar-refractivity contribution in [2.75, 3.05) is 10.6 Å². The molecule has 0 unspecified atom stereocenters. The number of benzene rings is 2. The van der Waals surface area contributed by atoms with Gasteiger partial charge in [-0.1, -0.05) is 23.7 Å². The summed E-state index contributed by atoms with van der Waals surface area (Å²) in [6, 6.07) is 10.3. The lowest BCUT2D eigenvalue weighted by Gasteiger charge is -2.13. The van der Waals surface area contributed by atoms with Crippen LogP contribution in [0, 0.1) is 5.82 Å². The van der Waals surface area contributed by atoms with E-state index in [-0.39, 0.29) is 11.8 Å². The van der Waals surface area contributed by atoms with E-state index < -0.39 is 11.8 Å². The molecule has 0 spiro atoms. The maximum absolute atomic E-state index is 13.4. The highest BCUT2D eigenvalue weighted by Gasteiger charge is 2.09. The van der Waals surface area contributed by atoms with Gasteiger partial charge >= 0.3 is 6.03 Å². The fraction of sp³-hybridized carbons (Fsp3) is 0.188. The second-order valence-electron chi connectivity index (χ2n) is 4.87. The number of nitrogens with one attached hydrogen (secondary N) is 2. The lowest BCUT2D eigenvalue weighted by atomic mass is 10.3. The van der Waals surface area contributed by atoms with Gasteiger partial charge in [-0.15, -0.1) is 0 Å². The van der Waals surface area contributed by atoms with Crippen molar-refractivity contribution in [3.05, 3.63) is 53.3 Å². The molecule has 2 amide bonds. The Morgan fingerprint density at radius 1 is 1.18 bits per heavy atom. The van der Waals surface area contributed by atoms with Gasteiger partial charge in [0.15, 0.2) is 0 Å². The number of para-hydroxylation sites is 1. The topological polar surface area (TPSA) is 50.4 Å². The fourth-order valence-electron chi connectivity index (χ4n) is 1.78. The van der Waals surface area contributed by atoms with Crippen LogP contribution < -0.4 is 15.4 Å². The minimum atomic E-state index is -0.557. The summed E-state index contributed by atoms with van der Waals surface area (Å²) in [4.78, 5) is 11.8. The first-order valence-electron chi connectivity index (χ1n) is 6.74. The predicted molar refractivity (Wildman–Crippen MR) is 86.3 cm³/mol. The second-order valence-corrected chi connectivity index (χ2v) is 5.28. The molecule has 4 nitrogen and oxygen atoms in total. The summed E-state index contributed by atoms with van der Waals surface area (Å²) in [5, 5.41) is 5.39. The molecule has 0 aliphatic rings. The molecular weight excluding hydrogens is 307 g/mol. The first-order valence-corrected chi connectivity index (χ1v) is 7.12. The van der Waals surface area contributed by atoms with E-state index in [0.717, 1.165) is 0 Å². The van der Waals surface area contributed by atoms with Gasteiger partial charge in [0.1, 0.15) is 11.6 Å². The third kappa shape index (κ3) is 4.36. The Labute approximate surface area is 133 Å². The van der Waals surface area contributed by atoms with Crippen molar-refractivity contribution in [2.45, 2.75) is 20.0 Å². The van der Waals surface area contributed by atoms with Gasteiger partial charge in [0, 0.05) is 5.69 Å². The summed E-state index contributed by atoms with van der Waals surface area (Å²) in [6.45, 7) is 3.79. The molecule has 0 fully saturated rings. The van der Waals surface area contributed by atoms with E-state index in [1.165, 1.54) is 12.1 Å². The largest absolute Gasteiger partial charge is 0.489 e. The molecule has 2 aromatic carbocycles. The van der Waals surface area contributed by atoms with Gasteiger partial charge in [0.2, 0.25) is 0 Å². The Morgan fingerprint density at radius 3 is 2.55 bits per heavy atom. The zero-order valence-electron chi connectivity index (χ0n) is 12.2. The number of hydrogen-bond donors (Lipinski definition) is 2. The number of carbonyl (C=O) groups is 1. The molecule has 0 heterocycles. The monoisotopic (exact) mass is 322 g/mol. The van der Waals surface area contributed by atoms with Crippen molar-refractivity contribution in [3.63, 3.8) is 0 Å². The maximum Gasteiger partial charge on any atom is 0.323 e. The van der Waals surface area contributed by atoms with Crippen LogP contribution in [0.3, 0.4) is 0 Å². The highest BCUT2D eigenvalue weighted by molar-refractivity contribution is 6.32. The first kappa shape index (κ1) is 16.1. The van der Waals surface area contributed by atoms with Gasteiger partial charge in [-0.25, -0.2) is 9.18 Å². The molecular formula is C16H16ClFN2O2. The lowest BCUT2D eigenvalue weighted by molar-refractivity contribution is 0.242. The molecule has 0 radical (unpaired) electrons. The molecule has 0 bridgehead atoms. The number of amides is 2. The summed E-state index contributed by atoms with van der Waals surface area (Å²) in [5.41, 5.74) is 0.584. The second kappa shape index (κ2) is 7.13. The van der Waals surface area contributed by atoms with Crippen LogP contribution in [0.2, 0.25) is 5.02 Å². The number of rotatable bonds is 4. The van der Waals surface area contributed by atoms with Gasteiger partial charge in [-0.2, -0.15) is 0 Å². The van der Waals surface area contributed by atoms with E-state index in [2.05, 4.69) is 10.6 Å². The molecule has 2 N–H and O–H groups in total. The molecule has 22 heavy (non-hydrogen) atoms. The number of anilines is 2. The molecule has 0 aliphatic carbocycles. The highest BCUT2D eigenvalue weighted by atomic mass is 35.5. The molecule has 6 heteroatoms. The van der Waals surface area contributed by atoms with Crippen LogP contribution >= 0.6 is 11.6 Å². The molecule has 0 atom stereocenters. The number of hydrogen-bond acceptors (Lipinski definition) is 2. The third-order valence-electron chi connectivity index (χ3n) is 2.67. The normalized spacial score (nSPS) is 10.4. The Balaban J connectivity index is 2.03. The van der Waals surface area contributed by atoms with E-state index in [9.17, 15) is 9.18 Å². The van der Waals surface area contributed by atoms with Gasteiger partial charge < -0.3 is 15.4 Å². The zero-order chi connectivity index (χ0) is 16.1. The quantitative estimate of drug-likeness (QED) is 0.840. The van der Waals surface area contributed by atoms with Crippen molar-refractivity contribution in [2.24, 2.45) is 0 Å². The smallest absolute Gasteiger partial charge is 0.323 e. The van der Waals surface area contributed by atoms with E-state index in [4.69, 9.17) is 16.3 Å². The average molecular weight is 323 g/mol. The molecule has 2 rings (SSSR count). The van der Waals surface area contributed by atoms with Gasteiger partial charge in [0.25, 0.3) is 0 Å². The standard InChI is InChI=1S/C16H16ClFN2O2/c1-10(2)22-15-8-7-11(9-12(15)17)19-16(21)20-14-6-4-3-5-13(14)18/h3-10H,1-2H3,(H2,19,20,21). The summed E-state index contributed by atoms with van der Waals surface area (Å²) < 4.78 is 19.0. The van der Waals surface area contributed by atoms with Crippen molar-refractivity contribution in [1.29, 1.82) is 0 Å². The number of urea groups is 1. The predicted octanol–water partition coefficient (Wildman–Crippen LogP) is 4.91. The summed E-state index contributed by atoms with van der Waals surface area (Å²) >= 11 is 6.09. The Kier molecular flexibility index (Phi) is 5.22. The van der Waals surface area contributed by atoms with Gasteiger partial charge in [0.05, 0.1) is 16.8 Å². The van der Waals surface area contributed by atoms with Gasteiger partial charge in [-0.3, -0.25) is 0 Å². The van der Waals surface area contributed by atoms with Crippen LogP contribution in [0.4, 0.5) is 20.6 Å². The van der Waals surface area contributed by atoms with Crippen molar-refractivity contribution in [1.82, 2.24) is 0 Å². The Morgan fingerprint density at radius 2 is 1.91 bits per heavy atom. The van der Waals surface area contributed by atoms with Crippen LogP contribution in [0.5, 0.6) is 5.75 Å².